The Hall–Kier alpha value is 1.82. The monoisotopic (exact) mass is 1520 g/mol. The summed E-state index contributed by atoms with van der Waals surface area (Å²) in [6.07, 6.45) is 0.0611. The van der Waals surface area contributed by atoms with Gasteiger partial charge in [0.05, 0.1) is 11.1 Å². The molecule has 0 spiro atoms. The van der Waals surface area contributed by atoms with E-state index >= 15 is 0 Å². The van der Waals surface area contributed by atoms with Crippen LogP contribution in [-0.2, 0) is 24.4 Å². The van der Waals surface area contributed by atoms with Crippen LogP contribution in [0.15, 0.2) is 41.3 Å². The molecule has 3 aromatic carbocycles. The number of carbonyl (C=O) groups excluding carboxylic acids is 3. The minimum atomic E-state index is -4.52. The summed E-state index contributed by atoms with van der Waals surface area (Å²) >= 11 is 16.0. The van der Waals surface area contributed by atoms with E-state index in [1.54, 1.807) is 64.2 Å². The van der Waals surface area contributed by atoms with Gasteiger partial charge in [-0.05, 0) is 224 Å². The summed E-state index contributed by atoms with van der Waals surface area (Å²) in [6.45, 7) is 0.740. The summed E-state index contributed by atoms with van der Waals surface area (Å²) in [5.74, 6) is -2.18. The van der Waals surface area contributed by atoms with Gasteiger partial charge in [-0.25, -0.2) is 9.59 Å². The molecule has 0 aliphatic heterocycles. The molecular formula is C26H16I8O9S. The minimum absolute atomic E-state index is 0.00453. The van der Waals surface area contributed by atoms with E-state index in [-0.39, 0.29) is 24.2 Å². The Labute approximate surface area is 362 Å². The quantitative estimate of drug-likeness (QED) is 0.0696. The van der Waals surface area contributed by atoms with E-state index in [2.05, 4.69) is 136 Å². The number of esters is 3. The number of halogens is 8. The first-order valence-electron chi connectivity index (χ1n) is 11.7. The van der Waals surface area contributed by atoms with Crippen LogP contribution in [0.5, 0.6) is 5.75 Å². The highest BCUT2D eigenvalue weighted by Gasteiger charge is 2.43. The second kappa shape index (κ2) is 17.2. The van der Waals surface area contributed by atoms with Crippen molar-refractivity contribution >= 4 is 209 Å². The Bertz CT molecular complexity index is 1670. The van der Waals surface area contributed by atoms with Gasteiger partial charge in [0.25, 0.3) is 10.1 Å². The summed E-state index contributed by atoms with van der Waals surface area (Å²) in [5.41, 5.74) is -0.972. The first-order valence-corrected chi connectivity index (χ1v) is 21.8. The Morgan fingerprint density at radius 2 is 1.11 bits per heavy atom. The standard InChI is InChI=1S/C26H16I8O9S/c1-2-26(9-41-23(35)14-3-11(27)5-16(29)20(14)33,10-42-24(36)15-4-12(28)6-17(30)21(15)34)25(37)43-13-7-18(31)22(19(32)8-13)44(38,39)40/h3-8H,2,9-10H2,1H3,(H,38,39,40). The van der Waals surface area contributed by atoms with Crippen LogP contribution in [0.4, 0.5) is 0 Å². The largest absolute Gasteiger partial charge is 0.461 e. The summed E-state index contributed by atoms with van der Waals surface area (Å²) in [6, 6.07) is 9.76. The lowest BCUT2D eigenvalue weighted by molar-refractivity contribution is -0.152. The molecule has 0 fully saturated rings. The number of rotatable bonds is 10. The van der Waals surface area contributed by atoms with Crippen LogP contribution in [0.1, 0.15) is 34.1 Å². The third kappa shape index (κ3) is 10.2. The lowest BCUT2D eigenvalue weighted by atomic mass is 9.87. The fourth-order valence-corrected chi connectivity index (χ4v) is 12.3. The normalized spacial score (nSPS) is 11.7. The smallest absolute Gasteiger partial charge is 0.339 e. The van der Waals surface area contributed by atoms with E-state index in [1.807, 2.05) is 12.1 Å². The Morgan fingerprint density at radius 1 is 0.705 bits per heavy atom. The van der Waals surface area contributed by atoms with Gasteiger partial charge in [0, 0.05) is 28.6 Å². The van der Waals surface area contributed by atoms with Crippen LogP contribution in [0, 0.1) is 34.0 Å². The number of hydrogen-bond acceptors (Lipinski definition) is 8. The predicted octanol–water partition coefficient (Wildman–Crippen LogP) is 8.79. The topological polar surface area (TPSA) is 133 Å². The third-order valence-corrected chi connectivity index (χ3v) is 16.7. The van der Waals surface area contributed by atoms with Gasteiger partial charge < -0.3 is 14.2 Å². The average molecular weight is 1520 g/mol. The average Bonchev–Trinajstić information content (AvgIpc) is 2.91. The number of hydrogen-bond donors (Lipinski definition) is 1. The van der Waals surface area contributed by atoms with Crippen molar-refractivity contribution in [1.29, 1.82) is 0 Å². The molecule has 0 aliphatic carbocycles. The van der Waals surface area contributed by atoms with Gasteiger partial charge >= 0.3 is 17.9 Å². The zero-order chi connectivity index (χ0) is 33.1. The maximum atomic E-state index is 13.8. The SMILES string of the molecule is CCC(COC(=O)c1cc(I)cc(I)c1I)(COC(=O)c1cc(I)cc(I)c1I)C(=O)Oc1cc(I)c(S(=O)(=O)O)c(I)c1. The molecule has 44 heavy (non-hydrogen) atoms. The van der Waals surface area contributed by atoms with Crippen molar-refractivity contribution in [2.45, 2.75) is 18.2 Å². The van der Waals surface area contributed by atoms with Crippen LogP contribution < -0.4 is 4.74 Å². The molecule has 0 bridgehead atoms. The Kier molecular flexibility index (Phi) is 15.7. The van der Waals surface area contributed by atoms with Crippen LogP contribution in [-0.4, -0.2) is 44.1 Å². The molecule has 0 aromatic heterocycles. The van der Waals surface area contributed by atoms with E-state index in [9.17, 15) is 27.4 Å². The number of ether oxygens (including phenoxy) is 3. The summed E-state index contributed by atoms with van der Waals surface area (Å²) in [7, 11) is -4.52. The third-order valence-electron chi connectivity index (χ3n) is 5.94. The Balaban J connectivity index is 1.98. The van der Waals surface area contributed by atoms with Crippen LogP contribution in [0.25, 0.3) is 0 Å². The zero-order valence-electron chi connectivity index (χ0n) is 21.7. The van der Waals surface area contributed by atoms with E-state index in [4.69, 9.17) is 14.2 Å². The van der Waals surface area contributed by atoms with Gasteiger partial charge in [0.2, 0.25) is 0 Å². The highest BCUT2D eigenvalue weighted by atomic mass is 127. The molecule has 0 aliphatic rings. The van der Waals surface area contributed by atoms with Gasteiger partial charge in [-0.15, -0.1) is 0 Å². The summed E-state index contributed by atoms with van der Waals surface area (Å²) in [4.78, 5) is 40.0. The zero-order valence-corrected chi connectivity index (χ0v) is 39.8. The van der Waals surface area contributed by atoms with Crippen LogP contribution in [0.2, 0.25) is 0 Å². The molecule has 9 nitrogen and oxygen atoms in total. The van der Waals surface area contributed by atoms with Gasteiger partial charge in [0.1, 0.15) is 29.3 Å². The Morgan fingerprint density at radius 3 is 1.48 bits per heavy atom. The first kappa shape index (κ1) is 40.3. The molecule has 0 heterocycles. The summed E-state index contributed by atoms with van der Waals surface area (Å²) < 4.78 is 55.3. The van der Waals surface area contributed by atoms with Gasteiger partial charge in [-0.3, -0.25) is 9.35 Å². The molecule has 0 amide bonds. The maximum Gasteiger partial charge on any atom is 0.339 e. The number of benzene rings is 3. The first-order chi connectivity index (χ1) is 20.4. The molecule has 0 atom stereocenters. The second-order valence-corrected chi connectivity index (χ2v) is 19.5. The molecule has 0 unspecified atom stereocenters. The van der Waals surface area contributed by atoms with Crippen molar-refractivity contribution in [3.05, 3.63) is 76.1 Å². The molecular weight excluding hydrogens is 1500 g/mol. The van der Waals surface area contributed by atoms with Crippen molar-refractivity contribution in [2.75, 3.05) is 13.2 Å². The van der Waals surface area contributed by atoms with Crippen molar-refractivity contribution < 1.29 is 41.6 Å². The fraction of sp³-hybridized carbons (Fsp3) is 0.192. The van der Waals surface area contributed by atoms with E-state index in [0.29, 0.717) is 18.3 Å². The fourth-order valence-electron chi connectivity index (χ4n) is 3.54. The van der Waals surface area contributed by atoms with Gasteiger partial charge in [-0.1, -0.05) is 6.92 Å². The van der Waals surface area contributed by atoms with Crippen molar-refractivity contribution in [1.82, 2.24) is 0 Å². The van der Waals surface area contributed by atoms with Crippen LogP contribution >= 0.6 is 181 Å². The van der Waals surface area contributed by atoms with Crippen molar-refractivity contribution in [2.24, 2.45) is 5.41 Å². The molecule has 0 radical (unpaired) electrons. The molecule has 0 saturated carbocycles. The molecule has 0 saturated heterocycles. The van der Waals surface area contributed by atoms with Crippen LogP contribution in [0.3, 0.4) is 0 Å². The van der Waals surface area contributed by atoms with E-state index < -0.39 is 46.7 Å². The maximum absolute atomic E-state index is 13.8. The minimum Gasteiger partial charge on any atom is -0.461 e. The van der Waals surface area contributed by atoms with E-state index in [0.717, 1.165) is 14.3 Å². The predicted molar refractivity (Wildman–Crippen MR) is 230 cm³/mol. The van der Waals surface area contributed by atoms with E-state index in [1.165, 1.54) is 12.1 Å². The molecule has 236 valence electrons. The summed E-state index contributed by atoms with van der Waals surface area (Å²) in [5, 5.41) is 0. The van der Waals surface area contributed by atoms with Gasteiger partial charge in [0.15, 0.2) is 0 Å². The highest BCUT2D eigenvalue weighted by molar-refractivity contribution is 14.1. The van der Waals surface area contributed by atoms with Crippen molar-refractivity contribution in [3.8, 4) is 5.75 Å². The molecule has 1 N–H and O–H groups in total. The molecule has 3 rings (SSSR count). The number of carbonyl (C=O) groups is 3. The van der Waals surface area contributed by atoms with Gasteiger partial charge in [-0.2, -0.15) is 8.42 Å². The van der Waals surface area contributed by atoms with Crippen molar-refractivity contribution in [3.63, 3.8) is 0 Å². The second-order valence-electron chi connectivity index (χ2n) is 8.87. The lowest BCUT2D eigenvalue weighted by Crippen LogP contribution is -2.44. The molecule has 3 aromatic rings. The molecule has 18 heteroatoms. The highest BCUT2D eigenvalue weighted by Crippen LogP contribution is 2.33. The lowest BCUT2D eigenvalue weighted by Gasteiger charge is -2.29.